The smallest absolute Gasteiger partial charge is 0.0249 e. The summed E-state index contributed by atoms with van der Waals surface area (Å²) in [5.41, 5.74) is 0. The number of rotatable bonds is 3. The molecular formula is C14H27NOS. The van der Waals surface area contributed by atoms with Crippen LogP contribution in [0.4, 0.5) is 0 Å². The van der Waals surface area contributed by atoms with Crippen molar-refractivity contribution in [2.45, 2.75) is 51.5 Å². The first-order valence-corrected chi connectivity index (χ1v) is 8.71. The summed E-state index contributed by atoms with van der Waals surface area (Å²) in [7, 11) is 1.76. The fourth-order valence-corrected chi connectivity index (χ4v) is 4.68. The third kappa shape index (κ3) is 3.78. The first-order valence-electron chi connectivity index (χ1n) is 7.22. The molecule has 0 unspecified atom stereocenters. The van der Waals surface area contributed by atoms with Crippen LogP contribution in [0.3, 0.4) is 0 Å². The van der Waals surface area contributed by atoms with Gasteiger partial charge in [-0.3, -0.25) is 4.21 Å². The van der Waals surface area contributed by atoms with Crippen LogP contribution in [-0.4, -0.2) is 40.2 Å². The molecule has 17 heavy (non-hydrogen) atoms. The van der Waals surface area contributed by atoms with Crippen molar-refractivity contribution in [3.63, 3.8) is 0 Å². The fraction of sp³-hybridized carbons (Fsp3) is 1.00. The zero-order valence-electron chi connectivity index (χ0n) is 11.4. The highest BCUT2D eigenvalue weighted by molar-refractivity contribution is 7.85. The van der Waals surface area contributed by atoms with Gasteiger partial charge in [0.2, 0.25) is 0 Å². The van der Waals surface area contributed by atoms with Crippen molar-refractivity contribution in [2.24, 2.45) is 11.8 Å². The van der Waals surface area contributed by atoms with Gasteiger partial charge in [0.05, 0.1) is 0 Å². The molecular weight excluding hydrogens is 230 g/mol. The molecule has 2 aliphatic rings. The van der Waals surface area contributed by atoms with Crippen LogP contribution in [0.2, 0.25) is 0 Å². The minimum absolute atomic E-state index is 0.518. The molecule has 100 valence electrons. The second-order valence-electron chi connectivity index (χ2n) is 6.04. The van der Waals surface area contributed by atoms with Crippen LogP contribution in [0.25, 0.3) is 0 Å². The molecule has 1 heterocycles. The highest BCUT2D eigenvalue weighted by Crippen LogP contribution is 2.30. The average molecular weight is 257 g/mol. The van der Waals surface area contributed by atoms with E-state index in [1.807, 2.05) is 0 Å². The van der Waals surface area contributed by atoms with Gasteiger partial charge in [0, 0.05) is 34.9 Å². The molecule has 0 N–H and O–H groups in total. The Morgan fingerprint density at radius 3 is 2.41 bits per heavy atom. The van der Waals surface area contributed by atoms with E-state index < -0.39 is 10.8 Å². The van der Waals surface area contributed by atoms with Gasteiger partial charge in [-0.25, -0.2) is 0 Å². The van der Waals surface area contributed by atoms with E-state index in [0.717, 1.165) is 36.2 Å². The molecule has 2 rings (SSSR count). The highest BCUT2D eigenvalue weighted by atomic mass is 32.2. The first-order chi connectivity index (χ1) is 8.16. The summed E-state index contributed by atoms with van der Waals surface area (Å²) in [6.07, 6.45) is 7.99. The van der Waals surface area contributed by atoms with Crippen LogP contribution >= 0.6 is 0 Å². The van der Waals surface area contributed by atoms with Gasteiger partial charge >= 0.3 is 0 Å². The molecule has 2 atom stereocenters. The van der Waals surface area contributed by atoms with Gasteiger partial charge in [0.25, 0.3) is 0 Å². The predicted octanol–water partition coefficient (Wildman–Crippen LogP) is 2.66. The predicted molar refractivity (Wildman–Crippen MR) is 74.7 cm³/mol. The minimum Gasteiger partial charge on any atom is -0.303 e. The molecule has 0 aromatic carbocycles. The van der Waals surface area contributed by atoms with E-state index in [1.54, 1.807) is 0 Å². The van der Waals surface area contributed by atoms with Crippen molar-refractivity contribution in [1.29, 1.82) is 0 Å². The summed E-state index contributed by atoms with van der Waals surface area (Å²) < 4.78 is 11.4. The Morgan fingerprint density at radius 2 is 1.76 bits per heavy atom. The van der Waals surface area contributed by atoms with Crippen LogP contribution in [0.15, 0.2) is 0 Å². The van der Waals surface area contributed by atoms with E-state index in [2.05, 4.69) is 18.9 Å². The van der Waals surface area contributed by atoms with E-state index >= 15 is 0 Å². The van der Waals surface area contributed by atoms with Crippen molar-refractivity contribution in [1.82, 2.24) is 4.90 Å². The summed E-state index contributed by atoms with van der Waals surface area (Å²) in [4.78, 5) is 2.56. The Balaban J connectivity index is 1.79. The summed E-state index contributed by atoms with van der Waals surface area (Å²) >= 11 is 0. The maximum absolute atomic E-state index is 11.4. The van der Waals surface area contributed by atoms with Crippen LogP contribution in [-0.2, 0) is 10.8 Å². The standard InChI is InChI=1S/C14H27NOS/c1-12-5-3-4-6-13(12)11-15(2)14-7-9-17(16)10-8-14/h12-14H,3-11H2,1-2H3/t12-,13+,14?,17?/m0/s1. The largest absolute Gasteiger partial charge is 0.303 e. The highest BCUT2D eigenvalue weighted by Gasteiger charge is 2.27. The lowest BCUT2D eigenvalue weighted by Gasteiger charge is -2.37. The molecule has 2 fully saturated rings. The molecule has 1 aliphatic heterocycles. The summed E-state index contributed by atoms with van der Waals surface area (Å²) in [5.74, 6) is 3.66. The van der Waals surface area contributed by atoms with Gasteiger partial charge in [-0.05, 0) is 38.1 Å². The molecule has 0 bridgehead atoms. The minimum atomic E-state index is -0.518. The molecule has 1 aliphatic carbocycles. The number of hydrogen-bond acceptors (Lipinski definition) is 2. The second-order valence-corrected chi connectivity index (χ2v) is 7.74. The molecule has 0 aromatic heterocycles. The average Bonchev–Trinajstić information content (AvgIpc) is 2.33. The van der Waals surface area contributed by atoms with Crippen molar-refractivity contribution in [2.75, 3.05) is 25.1 Å². The van der Waals surface area contributed by atoms with Crippen molar-refractivity contribution >= 4 is 10.8 Å². The maximum atomic E-state index is 11.4. The zero-order chi connectivity index (χ0) is 12.3. The lowest BCUT2D eigenvalue weighted by molar-refractivity contribution is 0.141. The van der Waals surface area contributed by atoms with Crippen LogP contribution in [0.5, 0.6) is 0 Å². The van der Waals surface area contributed by atoms with E-state index in [0.29, 0.717) is 6.04 Å². The van der Waals surface area contributed by atoms with Crippen LogP contribution in [0, 0.1) is 11.8 Å². The van der Waals surface area contributed by atoms with E-state index in [-0.39, 0.29) is 0 Å². The Bertz CT molecular complexity index is 259. The molecule has 0 aromatic rings. The normalized spacial score (nSPS) is 39.5. The quantitative estimate of drug-likeness (QED) is 0.775. The zero-order valence-corrected chi connectivity index (χ0v) is 12.2. The monoisotopic (exact) mass is 257 g/mol. The van der Waals surface area contributed by atoms with E-state index in [4.69, 9.17) is 0 Å². The van der Waals surface area contributed by atoms with Gasteiger partial charge in [-0.15, -0.1) is 0 Å². The van der Waals surface area contributed by atoms with Gasteiger partial charge in [0.15, 0.2) is 0 Å². The number of hydrogen-bond donors (Lipinski definition) is 0. The van der Waals surface area contributed by atoms with E-state index in [9.17, 15) is 4.21 Å². The van der Waals surface area contributed by atoms with Gasteiger partial charge in [-0.1, -0.05) is 26.2 Å². The molecule has 0 spiro atoms. The molecule has 1 saturated carbocycles. The van der Waals surface area contributed by atoms with Crippen molar-refractivity contribution in [3.05, 3.63) is 0 Å². The number of nitrogens with zero attached hydrogens (tertiary/aromatic N) is 1. The van der Waals surface area contributed by atoms with Gasteiger partial charge in [-0.2, -0.15) is 0 Å². The van der Waals surface area contributed by atoms with Crippen molar-refractivity contribution < 1.29 is 4.21 Å². The topological polar surface area (TPSA) is 20.3 Å². The summed E-state index contributed by atoms with van der Waals surface area (Å²) in [6, 6.07) is 0.696. The Morgan fingerprint density at radius 1 is 1.12 bits per heavy atom. The van der Waals surface area contributed by atoms with Gasteiger partial charge < -0.3 is 4.90 Å². The third-order valence-electron chi connectivity index (χ3n) is 4.79. The Hall–Kier alpha value is 0.110. The van der Waals surface area contributed by atoms with Crippen molar-refractivity contribution in [3.8, 4) is 0 Å². The SMILES string of the molecule is C[C@H]1CCCC[C@@H]1CN(C)C1CCS(=O)CC1. The molecule has 1 saturated heterocycles. The molecule has 2 nitrogen and oxygen atoms in total. The Labute approximate surface area is 109 Å². The summed E-state index contributed by atoms with van der Waals surface area (Å²) in [6.45, 7) is 3.69. The second kappa shape index (κ2) is 6.33. The van der Waals surface area contributed by atoms with Crippen LogP contribution < -0.4 is 0 Å². The lowest BCUT2D eigenvalue weighted by atomic mass is 9.80. The molecule has 0 amide bonds. The molecule has 3 heteroatoms. The van der Waals surface area contributed by atoms with Gasteiger partial charge in [0.1, 0.15) is 0 Å². The van der Waals surface area contributed by atoms with E-state index in [1.165, 1.54) is 32.2 Å². The Kier molecular flexibility index (Phi) is 5.04. The first kappa shape index (κ1) is 13.5. The third-order valence-corrected chi connectivity index (χ3v) is 6.17. The lowest BCUT2D eigenvalue weighted by Crippen LogP contribution is -2.41. The summed E-state index contributed by atoms with van der Waals surface area (Å²) in [5, 5.41) is 0. The van der Waals surface area contributed by atoms with Crippen LogP contribution in [0.1, 0.15) is 45.4 Å². The molecule has 0 radical (unpaired) electrons. The maximum Gasteiger partial charge on any atom is 0.0249 e. The fourth-order valence-electron chi connectivity index (χ4n) is 3.41.